The Kier molecular flexibility index (Phi) is 4.59. The van der Waals surface area contributed by atoms with E-state index in [9.17, 15) is 0 Å². The first kappa shape index (κ1) is 10.5. The van der Waals surface area contributed by atoms with Crippen LogP contribution in [0.25, 0.3) is 0 Å². The maximum atomic E-state index is 3.49. The van der Waals surface area contributed by atoms with E-state index in [0.29, 0.717) is 0 Å². The third-order valence-electron chi connectivity index (χ3n) is 2.97. The fourth-order valence-corrected chi connectivity index (χ4v) is 2.68. The maximum Gasteiger partial charge on any atom is 0.0159 e. The lowest BCUT2D eigenvalue weighted by Crippen LogP contribution is -2.36. The first-order valence-electron chi connectivity index (χ1n) is 5.00. The second-order valence-corrected chi connectivity index (χ2v) is 4.89. The van der Waals surface area contributed by atoms with Crippen molar-refractivity contribution in [2.45, 2.75) is 38.6 Å². The topological polar surface area (TPSA) is 3.24 Å². The molecule has 72 valence electrons. The molecule has 1 nitrogen and oxygen atoms in total. The summed E-state index contributed by atoms with van der Waals surface area (Å²) < 4.78 is 0. The van der Waals surface area contributed by atoms with E-state index in [0.717, 1.165) is 17.3 Å². The lowest BCUT2D eigenvalue weighted by Gasteiger charge is -2.33. The molecule has 0 aromatic carbocycles. The minimum absolute atomic E-state index is 0.853. The molecule has 1 rings (SSSR count). The van der Waals surface area contributed by atoms with Crippen LogP contribution in [0.5, 0.6) is 0 Å². The summed E-state index contributed by atoms with van der Waals surface area (Å²) in [6.07, 6.45) is 5.69. The molecular formula is C10H20BrN. The SMILES string of the molecule is CC1CCCC(N(C)CCBr)C1. The standard InChI is InChI=1S/C10H20BrN/c1-9-4-3-5-10(8-9)12(2)7-6-11/h9-10H,3-8H2,1-2H3. The van der Waals surface area contributed by atoms with Gasteiger partial charge in [0.05, 0.1) is 0 Å². The highest BCUT2D eigenvalue weighted by Gasteiger charge is 2.21. The molecule has 0 aliphatic heterocycles. The van der Waals surface area contributed by atoms with E-state index in [-0.39, 0.29) is 0 Å². The van der Waals surface area contributed by atoms with Crippen LogP contribution >= 0.6 is 15.9 Å². The molecule has 0 saturated heterocycles. The number of nitrogens with zero attached hydrogens (tertiary/aromatic N) is 1. The fourth-order valence-electron chi connectivity index (χ4n) is 2.12. The molecule has 2 heteroatoms. The van der Waals surface area contributed by atoms with Crippen molar-refractivity contribution in [1.82, 2.24) is 4.90 Å². The Balaban J connectivity index is 2.29. The number of halogens is 1. The molecule has 2 unspecified atom stereocenters. The van der Waals surface area contributed by atoms with Crippen molar-refractivity contribution in [2.75, 3.05) is 18.9 Å². The van der Waals surface area contributed by atoms with Gasteiger partial charge in [-0.05, 0) is 25.8 Å². The van der Waals surface area contributed by atoms with E-state index in [1.807, 2.05) is 0 Å². The lowest BCUT2D eigenvalue weighted by atomic mass is 9.86. The quantitative estimate of drug-likeness (QED) is 0.679. The number of rotatable bonds is 3. The summed E-state index contributed by atoms with van der Waals surface area (Å²) in [5, 5.41) is 1.11. The van der Waals surface area contributed by atoms with Gasteiger partial charge in [-0.3, -0.25) is 0 Å². The minimum atomic E-state index is 0.853. The first-order chi connectivity index (χ1) is 5.74. The predicted octanol–water partition coefficient (Wildman–Crippen LogP) is 2.89. The van der Waals surface area contributed by atoms with E-state index >= 15 is 0 Å². The van der Waals surface area contributed by atoms with E-state index in [2.05, 4.69) is 34.8 Å². The Morgan fingerprint density at radius 1 is 1.42 bits per heavy atom. The van der Waals surface area contributed by atoms with Gasteiger partial charge < -0.3 is 4.90 Å². The van der Waals surface area contributed by atoms with E-state index < -0.39 is 0 Å². The average molecular weight is 234 g/mol. The zero-order valence-electron chi connectivity index (χ0n) is 8.22. The van der Waals surface area contributed by atoms with E-state index in [1.54, 1.807) is 0 Å². The van der Waals surface area contributed by atoms with Crippen LogP contribution in [-0.4, -0.2) is 29.9 Å². The van der Waals surface area contributed by atoms with Crippen LogP contribution in [0.2, 0.25) is 0 Å². The molecule has 0 amide bonds. The lowest BCUT2D eigenvalue weighted by molar-refractivity contribution is 0.172. The minimum Gasteiger partial charge on any atom is -0.303 e. The van der Waals surface area contributed by atoms with Crippen molar-refractivity contribution in [2.24, 2.45) is 5.92 Å². The fraction of sp³-hybridized carbons (Fsp3) is 1.00. The third-order valence-corrected chi connectivity index (χ3v) is 3.32. The molecule has 0 spiro atoms. The van der Waals surface area contributed by atoms with Gasteiger partial charge in [0.25, 0.3) is 0 Å². The molecular weight excluding hydrogens is 214 g/mol. The van der Waals surface area contributed by atoms with Crippen LogP contribution in [0.15, 0.2) is 0 Å². The Morgan fingerprint density at radius 2 is 2.17 bits per heavy atom. The molecule has 1 fully saturated rings. The summed E-state index contributed by atoms with van der Waals surface area (Å²) >= 11 is 3.49. The van der Waals surface area contributed by atoms with Gasteiger partial charge in [-0.25, -0.2) is 0 Å². The first-order valence-corrected chi connectivity index (χ1v) is 6.12. The van der Waals surface area contributed by atoms with Crippen LogP contribution in [0, 0.1) is 5.92 Å². The Bertz CT molecular complexity index is 127. The largest absolute Gasteiger partial charge is 0.303 e. The molecule has 0 radical (unpaired) electrons. The summed E-state index contributed by atoms with van der Waals surface area (Å²) in [5.41, 5.74) is 0. The van der Waals surface area contributed by atoms with Crippen molar-refractivity contribution in [3.05, 3.63) is 0 Å². The van der Waals surface area contributed by atoms with Gasteiger partial charge in [0.1, 0.15) is 0 Å². The normalized spacial score (nSPS) is 31.0. The van der Waals surface area contributed by atoms with Gasteiger partial charge in [-0.2, -0.15) is 0 Å². The Labute approximate surface area is 84.6 Å². The van der Waals surface area contributed by atoms with Gasteiger partial charge in [0, 0.05) is 17.9 Å². The van der Waals surface area contributed by atoms with Crippen molar-refractivity contribution in [1.29, 1.82) is 0 Å². The number of hydrogen-bond donors (Lipinski definition) is 0. The number of alkyl halides is 1. The van der Waals surface area contributed by atoms with Crippen LogP contribution in [0.1, 0.15) is 32.6 Å². The second-order valence-electron chi connectivity index (χ2n) is 4.10. The second kappa shape index (κ2) is 5.23. The summed E-state index contributed by atoms with van der Waals surface area (Å²) in [5.74, 6) is 0.946. The third kappa shape index (κ3) is 3.06. The van der Waals surface area contributed by atoms with Crippen LogP contribution < -0.4 is 0 Å². The van der Waals surface area contributed by atoms with Gasteiger partial charge in [0.2, 0.25) is 0 Å². The summed E-state index contributed by atoms with van der Waals surface area (Å²) in [7, 11) is 2.25. The van der Waals surface area contributed by atoms with Crippen molar-refractivity contribution >= 4 is 15.9 Å². The Morgan fingerprint density at radius 3 is 2.75 bits per heavy atom. The summed E-state index contributed by atoms with van der Waals surface area (Å²) in [4.78, 5) is 2.50. The van der Waals surface area contributed by atoms with Crippen LogP contribution in [-0.2, 0) is 0 Å². The van der Waals surface area contributed by atoms with E-state index in [1.165, 1.54) is 32.2 Å². The molecule has 1 aliphatic carbocycles. The summed E-state index contributed by atoms with van der Waals surface area (Å²) in [6, 6.07) is 0.853. The molecule has 0 N–H and O–H groups in total. The molecule has 0 aromatic rings. The molecule has 12 heavy (non-hydrogen) atoms. The summed E-state index contributed by atoms with van der Waals surface area (Å²) in [6.45, 7) is 3.57. The number of hydrogen-bond acceptors (Lipinski definition) is 1. The highest BCUT2D eigenvalue weighted by Crippen LogP contribution is 2.26. The molecule has 0 heterocycles. The van der Waals surface area contributed by atoms with Crippen molar-refractivity contribution < 1.29 is 0 Å². The highest BCUT2D eigenvalue weighted by molar-refractivity contribution is 9.09. The van der Waals surface area contributed by atoms with Gasteiger partial charge in [-0.15, -0.1) is 0 Å². The maximum absolute atomic E-state index is 3.49. The molecule has 0 aromatic heterocycles. The van der Waals surface area contributed by atoms with Crippen molar-refractivity contribution in [3.8, 4) is 0 Å². The van der Waals surface area contributed by atoms with Gasteiger partial charge in [-0.1, -0.05) is 35.7 Å². The highest BCUT2D eigenvalue weighted by atomic mass is 79.9. The zero-order chi connectivity index (χ0) is 8.97. The van der Waals surface area contributed by atoms with Gasteiger partial charge >= 0.3 is 0 Å². The predicted molar refractivity (Wildman–Crippen MR) is 57.8 cm³/mol. The van der Waals surface area contributed by atoms with E-state index in [4.69, 9.17) is 0 Å². The van der Waals surface area contributed by atoms with Crippen molar-refractivity contribution in [3.63, 3.8) is 0 Å². The Hall–Kier alpha value is 0.440. The smallest absolute Gasteiger partial charge is 0.0159 e. The molecule has 2 atom stereocenters. The van der Waals surface area contributed by atoms with Gasteiger partial charge in [0.15, 0.2) is 0 Å². The molecule has 1 aliphatic rings. The van der Waals surface area contributed by atoms with Crippen LogP contribution in [0.3, 0.4) is 0 Å². The zero-order valence-corrected chi connectivity index (χ0v) is 9.81. The molecule has 0 bridgehead atoms. The monoisotopic (exact) mass is 233 g/mol. The molecule has 1 saturated carbocycles. The van der Waals surface area contributed by atoms with Crippen LogP contribution in [0.4, 0.5) is 0 Å². The average Bonchev–Trinajstić information content (AvgIpc) is 2.05.